The number of nitrogens with zero attached hydrogens (tertiary/aromatic N) is 3. The van der Waals surface area contributed by atoms with Crippen LogP contribution in [0.5, 0.6) is 0 Å². The zero-order valence-electron chi connectivity index (χ0n) is 13.7. The molecule has 0 fully saturated rings. The summed E-state index contributed by atoms with van der Waals surface area (Å²) in [5.41, 5.74) is 3.14. The van der Waals surface area contributed by atoms with Crippen LogP contribution in [-0.2, 0) is 0 Å². The first-order chi connectivity index (χ1) is 11.0. The third-order valence-corrected chi connectivity index (χ3v) is 4.72. The van der Waals surface area contributed by atoms with Gasteiger partial charge in [0, 0.05) is 16.9 Å². The Bertz CT molecular complexity index is 776. The lowest BCUT2D eigenvalue weighted by molar-refractivity contribution is 0.428. The molecule has 1 N–H and O–H groups in total. The quantitative estimate of drug-likeness (QED) is 0.729. The van der Waals surface area contributed by atoms with Crippen LogP contribution in [0.15, 0.2) is 34.2 Å². The molecule has 2 heterocycles. The number of anilines is 1. The number of hydrogen-bond acceptors (Lipinski definition) is 6. The molecule has 0 aliphatic carbocycles. The Labute approximate surface area is 139 Å². The van der Waals surface area contributed by atoms with Crippen molar-refractivity contribution in [1.29, 1.82) is 0 Å². The number of rotatable bonds is 5. The van der Waals surface area contributed by atoms with Crippen LogP contribution in [0.2, 0.25) is 0 Å². The third kappa shape index (κ3) is 3.59. The van der Waals surface area contributed by atoms with Gasteiger partial charge < -0.3 is 9.84 Å². The highest BCUT2D eigenvalue weighted by Gasteiger charge is 2.15. The van der Waals surface area contributed by atoms with E-state index in [1.165, 1.54) is 5.56 Å². The first kappa shape index (κ1) is 15.7. The molecule has 6 heteroatoms. The molecule has 0 bridgehead atoms. The van der Waals surface area contributed by atoms with Crippen molar-refractivity contribution < 1.29 is 4.52 Å². The van der Waals surface area contributed by atoms with Crippen molar-refractivity contribution >= 4 is 17.4 Å². The van der Waals surface area contributed by atoms with Gasteiger partial charge in [0.2, 0.25) is 5.82 Å². The maximum Gasteiger partial charge on any atom is 0.322 e. The van der Waals surface area contributed by atoms with Crippen molar-refractivity contribution in [2.24, 2.45) is 0 Å². The highest BCUT2D eigenvalue weighted by molar-refractivity contribution is 7.09. The molecular weight excluding hydrogens is 308 g/mol. The van der Waals surface area contributed by atoms with E-state index in [0.717, 1.165) is 16.3 Å². The highest BCUT2D eigenvalue weighted by atomic mass is 32.1. The fourth-order valence-corrected chi connectivity index (χ4v) is 3.05. The SMILES string of the molecule is Cc1ccc(-c2noc(NC(C)c3csc(C(C)C)n3)n2)cc1. The molecule has 5 nitrogen and oxygen atoms in total. The molecule has 3 rings (SSSR count). The second-order valence-electron chi connectivity index (χ2n) is 5.92. The zero-order chi connectivity index (χ0) is 16.4. The summed E-state index contributed by atoms with van der Waals surface area (Å²) in [4.78, 5) is 9.05. The van der Waals surface area contributed by atoms with Gasteiger partial charge >= 0.3 is 6.01 Å². The Kier molecular flexibility index (Phi) is 4.43. The van der Waals surface area contributed by atoms with Crippen molar-refractivity contribution in [2.75, 3.05) is 5.32 Å². The van der Waals surface area contributed by atoms with Crippen molar-refractivity contribution in [2.45, 2.75) is 39.7 Å². The fourth-order valence-electron chi connectivity index (χ4n) is 2.13. The van der Waals surface area contributed by atoms with Gasteiger partial charge in [-0.25, -0.2) is 4.98 Å². The smallest absolute Gasteiger partial charge is 0.322 e. The topological polar surface area (TPSA) is 63.8 Å². The maximum absolute atomic E-state index is 5.30. The van der Waals surface area contributed by atoms with Crippen LogP contribution in [0.25, 0.3) is 11.4 Å². The van der Waals surface area contributed by atoms with E-state index in [4.69, 9.17) is 4.52 Å². The van der Waals surface area contributed by atoms with Gasteiger partial charge in [0.1, 0.15) is 0 Å². The molecule has 0 saturated carbocycles. The van der Waals surface area contributed by atoms with Crippen LogP contribution >= 0.6 is 11.3 Å². The molecule has 0 aliphatic rings. The van der Waals surface area contributed by atoms with Crippen molar-refractivity contribution in [3.63, 3.8) is 0 Å². The Hall–Kier alpha value is -2.21. The summed E-state index contributed by atoms with van der Waals surface area (Å²) in [5, 5.41) is 10.5. The number of aromatic nitrogens is 3. The second kappa shape index (κ2) is 6.50. The van der Waals surface area contributed by atoms with Crippen LogP contribution in [0, 0.1) is 6.92 Å². The van der Waals surface area contributed by atoms with E-state index in [1.54, 1.807) is 11.3 Å². The molecule has 0 saturated heterocycles. The number of hydrogen-bond donors (Lipinski definition) is 1. The van der Waals surface area contributed by atoms with Crippen molar-refractivity contribution in [3.05, 3.63) is 45.9 Å². The summed E-state index contributed by atoms with van der Waals surface area (Å²) in [6, 6.07) is 8.47. The monoisotopic (exact) mass is 328 g/mol. The lowest BCUT2D eigenvalue weighted by atomic mass is 10.1. The van der Waals surface area contributed by atoms with Gasteiger partial charge in [-0.05, 0) is 13.8 Å². The van der Waals surface area contributed by atoms with Gasteiger partial charge in [-0.3, -0.25) is 0 Å². The minimum atomic E-state index is 0.0186. The lowest BCUT2D eigenvalue weighted by Crippen LogP contribution is -2.07. The molecule has 3 aromatic rings. The van der Waals surface area contributed by atoms with Crippen molar-refractivity contribution in [1.82, 2.24) is 15.1 Å². The molecule has 0 aliphatic heterocycles. The molecule has 0 radical (unpaired) electrons. The van der Waals surface area contributed by atoms with E-state index < -0.39 is 0 Å². The third-order valence-electron chi connectivity index (χ3n) is 3.55. The molecule has 2 aromatic heterocycles. The summed E-state index contributed by atoms with van der Waals surface area (Å²) in [6.45, 7) is 8.38. The molecule has 1 atom stereocenters. The minimum Gasteiger partial charge on any atom is -0.330 e. The van der Waals surface area contributed by atoms with Gasteiger partial charge in [-0.15, -0.1) is 11.3 Å². The Morgan fingerprint density at radius 3 is 2.48 bits per heavy atom. The van der Waals surface area contributed by atoms with Gasteiger partial charge in [-0.1, -0.05) is 48.8 Å². The lowest BCUT2D eigenvalue weighted by Gasteiger charge is -2.08. The molecule has 0 amide bonds. The normalized spacial score (nSPS) is 12.6. The average molecular weight is 328 g/mol. The molecule has 0 spiro atoms. The first-order valence-corrected chi connectivity index (χ1v) is 8.53. The van der Waals surface area contributed by atoms with Gasteiger partial charge in [0.25, 0.3) is 0 Å². The number of aryl methyl sites for hydroxylation is 1. The minimum absolute atomic E-state index is 0.0186. The highest BCUT2D eigenvalue weighted by Crippen LogP contribution is 2.25. The van der Waals surface area contributed by atoms with E-state index >= 15 is 0 Å². The van der Waals surface area contributed by atoms with E-state index in [1.807, 2.05) is 38.1 Å². The number of thiazole rings is 1. The predicted octanol–water partition coefficient (Wildman–Crippen LogP) is 4.80. The molecule has 120 valence electrons. The molecule has 23 heavy (non-hydrogen) atoms. The van der Waals surface area contributed by atoms with E-state index in [0.29, 0.717) is 17.8 Å². The molecular formula is C17H20N4OS. The Balaban J connectivity index is 1.71. The Morgan fingerprint density at radius 1 is 1.09 bits per heavy atom. The van der Waals surface area contributed by atoms with Gasteiger partial charge in [0.05, 0.1) is 16.7 Å². The van der Waals surface area contributed by atoms with Crippen LogP contribution in [0.1, 0.15) is 49.0 Å². The molecule has 1 unspecified atom stereocenters. The van der Waals surface area contributed by atoms with E-state index in [9.17, 15) is 0 Å². The van der Waals surface area contributed by atoms with Crippen molar-refractivity contribution in [3.8, 4) is 11.4 Å². The van der Waals surface area contributed by atoms with Crippen LogP contribution < -0.4 is 5.32 Å². The average Bonchev–Trinajstić information content (AvgIpc) is 3.17. The van der Waals surface area contributed by atoms with E-state index in [2.05, 4.69) is 39.7 Å². The van der Waals surface area contributed by atoms with Crippen LogP contribution in [-0.4, -0.2) is 15.1 Å². The Morgan fingerprint density at radius 2 is 1.83 bits per heavy atom. The predicted molar refractivity (Wildman–Crippen MR) is 92.7 cm³/mol. The maximum atomic E-state index is 5.30. The zero-order valence-corrected chi connectivity index (χ0v) is 14.5. The largest absolute Gasteiger partial charge is 0.330 e. The van der Waals surface area contributed by atoms with Gasteiger partial charge in [-0.2, -0.15) is 4.98 Å². The number of benzene rings is 1. The summed E-state index contributed by atoms with van der Waals surface area (Å²) in [6.07, 6.45) is 0. The second-order valence-corrected chi connectivity index (χ2v) is 6.81. The van der Waals surface area contributed by atoms with Crippen LogP contribution in [0.3, 0.4) is 0 Å². The molecule has 1 aromatic carbocycles. The summed E-state index contributed by atoms with van der Waals surface area (Å²) >= 11 is 1.68. The standard InChI is InChI=1S/C17H20N4OS/c1-10(2)16-19-14(9-23-16)12(4)18-17-20-15(21-22-17)13-7-5-11(3)6-8-13/h5-10,12H,1-4H3,(H,18,20,21). The van der Waals surface area contributed by atoms with E-state index in [-0.39, 0.29) is 6.04 Å². The van der Waals surface area contributed by atoms with Gasteiger partial charge in [0.15, 0.2) is 0 Å². The first-order valence-electron chi connectivity index (χ1n) is 7.65. The number of nitrogens with one attached hydrogen (secondary N) is 1. The van der Waals surface area contributed by atoms with Crippen LogP contribution in [0.4, 0.5) is 6.01 Å². The summed E-state index contributed by atoms with van der Waals surface area (Å²) in [7, 11) is 0. The summed E-state index contributed by atoms with van der Waals surface area (Å²) in [5.74, 6) is 1.03. The fraction of sp³-hybridized carbons (Fsp3) is 0.353. The summed E-state index contributed by atoms with van der Waals surface area (Å²) < 4.78 is 5.30.